The molecular weight excluding hydrogens is 385 g/mol. The number of halogens is 2. The van der Waals surface area contributed by atoms with E-state index in [1.807, 2.05) is 43.3 Å². The topological polar surface area (TPSA) is 29.1 Å². The molecule has 1 amide bonds. The van der Waals surface area contributed by atoms with Crippen LogP contribution in [0.25, 0.3) is 0 Å². The van der Waals surface area contributed by atoms with Crippen molar-refractivity contribution in [3.63, 3.8) is 0 Å². The number of aryl methyl sites for hydroxylation is 2. The zero-order chi connectivity index (χ0) is 14.5. The van der Waals surface area contributed by atoms with Crippen molar-refractivity contribution in [2.24, 2.45) is 0 Å². The fourth-order valence-electron chi connectivity index (χ4n) is 1.89. The van der Waals surface area contributed by atoms with Gasteiger partial charge >= 0.3 is 0 Å². The third-order valence-electron chi connectivity index (χ3n) is 3.02. The smallest absolute Gasteiger partial charge is 0.224 e. The van der Waals surface area contributed by atoms with Gasteiger partial charge in [-0.3, -0.25) is 4.79 Å². The third-order valence-corrected chi connectivity index (χ3v) is 3.94. The fraction of sp³-hybridized carbons (Fsp3) is 0.188. The fourth-order valence-corrected chi connectivity index (χ4v) is 2.66. The van der Waals surface area contributed by atoms with Gasteiger partial charge in [0.2, 0.25) is 5.91 Å². The van der Waals surface area contributed by atoms with E-state index in [1.54, 1.807) is 0 Å². The quantitative estimate of drug-likeness (QED) is 0.734. The molecule has 0 aliphatic rings. The zero-order valence-corrected chi connectivity index (χ0v) is 14.0. The summed E-state index contributed by atoms with van der Waals surface area (Å²) in [7, 11) is 0. The molecule has 0 fully saturated rings. The van der Waals surface area contributed by atoms with Gasteiger partial charge < -0.3 is 5.32 Å². The Kier molecular flexibility index (Phi) is 5.43. The highest BCUT2D eigenvalue weighted by atomic mass is 127. The Balaban J connectivity index is 1.90. The van der Waals surface area contributed by atoms with Crippen molar-refractivity contribution in [3.05, 3.63) is 62.2 Å². The minimum atomic E-state index is 0.0317. The first kappa shape index (κ1) is 15.3. The first-order chi connectivity index (χ1) is 9.54. The molecule has 0 spiro atoms. The molecule has 4 heteroatoms. The van der Waals surface area contributed by atoms with E-state index in [-0.39, 0.29) is 5.91 Å². The second-order valence-electron chi connectivity index (χ2n) is 4.63. The van der Waals surface area contributed by atoms with Crippen LogP contribution in [-0.2, 0) is 11.2 Å². The van der Waals surface area contributed by atoms with Gasteiger partial charge in [0.25, 0.3) is 0 Å². The van der Waals surface area contributed by atoms with Gasteiger partial charge in [0, 0.05) is 20.7 Å². The maximum Gasteiger partial charge on any atom is 0.224 e. The number of carbonyl (C=O) groups is 1. The summed E-state index contributed by atoms with van der Waals surface area (Å²) < 4.78 is 1.17. The molecule has 2 aromatic rings. The molecule has 20 heavy (non-hydrogen) atoms. The second-order valence-corrected chi connectivity index (χ2v) is 6.32. The number of hydrogen-bond acceptors (Lipinski definition) is 1. The minimum absolute atomic E-state index is 0.0317. The van der Waals surface area contributed by atoms with Crippen LogP contribution in [0.1, 0.15) is 17.5 Å². The Morgan fingerprint density at radius 3 is 2.55 bits per heavy atom. The summed E-state index contributed by atoms with van der Waals surface area (Å²) in [5.41, 5.74) is 3.08. The first-order valence-corrected chi connectivity index (χ1v) is 7.81. The van der Waals surface area contributed by atoms with E-state index >= 15 is 0 Å². The number of amides is 1. The van der Waals surface area contributed by atoms with Crippen molar-refractivity contribution >= 4 is 45.8 Å². The molecule has 0 aliphatic carbocycles. The van der Waals surface area contributed by atoms with Crippen LogP contribution < -0.4 is 5.32 Å². The summed E-state index contributed by atoms with van der Waals surface area (Å²) in [5.74, 6) is 0.0317. The summed E-state index contributed by atoms with van der Waals surface area (Å²) in [4.78, 5) is 12.0. The molecule has 0 heterocycles. The van der Waals surface area contributed by atoms with Crippen LogP contribution in [0.2, 0.25) is 5.02 Å². The standard InChI is InChI=1S/C16H15ClINO/c1-11-10-14(18)7-8-15(11)19-16(20)9-4-12-2-5-13(17)6-3-12/h2-3,5-8,10H,4,9H2,1H3,(H,19,20). The normalized spacial score (nSPS) is 10.3. The van der Waals surface area contributed by atoms with Gasteiger partial charge in [0.1, 0.15) is 0 Å². The average Bonchev–Trinajstić information content (AvgIpc) is 2.41. The number of nitrogens with one attached hydrogen (secondary N) is 1. The molecule has 0 aromatic heterocycles. The molecule has 2 nitrogen and oxygen atoms in total. The SMILES string of the molecule is Cc1cc(I)ccc1NC(=O)CCc1ccc(Cl)cc1. The van der Waals surface area contributed by atoms with Crippen LogP contribution in [0.3, 0.4) is 0 Å². The largest absolute Gasteiger partial charge is 0.326 e. The van der Waals surface area contributed by atoms with Crippen molar-refractivity contribution in [2.75, 3.05) is 5.32 Å². The highest BCUT2D eigenvalue weighted by molar-refractivity contribution is 14.1. The second kappa shape index (κ2) is 7.09. The van der Waals surface area contributed by atoms with Gasteiger partial charge in [-0.1, -0.05) is 23.7 Å². The zero-order valence-electron chi connectivity index (χ0n) is 11.1. The summed E-state index contributed by atoms with van der Waals surface area (Å²) in [6.45, 7) is 2.00. The molecule has 2 aromatic carbocycles. The van der Waals surface area contributed by atoms with Crippen molar-refractivity contribution < 1.29 is 4.79 Å². The van der Waals surface area contributed by atoms with Crippen LogP contribution >= 0.6 is 34.2 Å². The van der Waals surface area contributed by atoms with E-state index < -0.39 is 0 Å². The Hall–Kier alpha value is -1.07. The van der Waals surface area contributed by atoms with E-state index in [0.29, 0.717) is 17.9 Å². The number of hydrogen-bond donors (Lipinski definition) is 1. The van der Waals surface area contributed by atoms with Gasteiger partial charge in [0.15, 0.2) is 0 Å². The highest BCUT2D eigenvalue weighted by Crippen LogP contribution is 2.18. The minimum Gasteiger partial charge on any atom is -0.326 e. The molecule has 0 unspecified atom stereocenters. The molecule has 1 N–H and O–H groups in total. The number of benzene rings is 2. The van der Waals surface area contributed by atoms with Crippen LogP contribution in [0.5, 0.6) is 0 Å². The lowest BCUT2D eigenvalue weighted by Gasteiger charge is -2.09. The number of carbonyl (C=O) groups excluding carboxylic acids is 1. The van der Waals surface area contributed by atoms with Gasteiger partial charge in [-0.05, 0) is 77.4 Å². The van der Waals surface area contributed by atoms with E-state index in [1.165, 1.54) is 3.57 Å². The maximum atomic E-state index is 12.0. The maximum absolute atomic E-state index is 12.0. The molecule has 0 bridgehead atoms. The van der Waals surface area contributed by atoms with Crippen molar-refractivity contribution in [1.82, 2.24) is 0 Å². The lowest BCUT2D eigenvalue weighted by Crippen LogP contribution is -2.13. The van der Waals surface area contributed by atoms with E-state index in [4.69, 9.17) is 11.6 Å². The Morgan fingerprint density at radius 1 is 1.20 bits per heavy atom. The van der Waals surface area contributed by atoms with Crippen LogP contribution in [-0.4, -0.2) is 5.91 Å². The highest BCUT2D eigenvalue weighted by Gasteiger charge is 2.05. The van der Waals surface area contributed by atoms with Crippen molar-refractivity contribution in [1.29, 1.82) is 0 Å². The number of rotatable bonds is 4. The molecule has 0 saturated carbocycles. The summed E-state index contributed by atoms with van der Waals surface area (Å²) >= 11 is 8.09. The third kappa shape index (κ3) is 4.49. The predicted molar refractivity (Wildman–Crippen MR) is 92.3 cm³/mol. The molecule has 0 saturated heterocycles. The summed E-state index contributed by atoms with van der Waals surface area (Å²) in [5, 5.41) is 3.67. The van der Waals surface area contributed by atoms with E-state index in [0.717, 1.165) is 16.8 Å². The van der Waals surface area contributed by atoms with E-state index in [9.17, 15) is 4.79 Å². The van der Waals surface area contributed by atoms with Crippen molar-refractivity contribution in [3.8, 4) is 0 Å². The summed E-state index contributed by atoms with van der Waals surface area (Å²) in [6, 6.07) is 13.6. The first-order valence-electron chi connectivity index (χ1n) is 6.35. The lowest BCUT2D eigenvalue weighted by atomic mass is 10.1. The lowest BCUT2D eigenvalue weighted by molar-refractivity contribution is -0.116. The Labute approximate surface area is 137 Å². The van der Waals surface area contributed by atoms with Gasteiger partial charge in [-0.25, -0.2) is 0 Å². The molecule has 0 atom stereocenters. The predicted octanol–water partition coefficient (Wildman–Crippen LogP) is 4.82. The van der Waals surface area contributed by atoms with Crippen LogP contribution in [0.15, 0.2) is 42.5 Å². The molecule has 0 radical (unpaired) electrons. The average molecular weight is 400 g/mol. The monoisotopic (exact) mass is 399 g/mol. The van der Waals surface area contributed by atoms with Crippen LogP contribution in [0, 0.1) is 10.5 Å². The Bertz CT molecular complexity index is 610. The number of anilines is 1. The van der Waals surface area contributed by atoms with Gasteiger partial charge in [0.05, 0.1) is 0 Å². The van der Waals surface area contributed by atoms with Crippen LogP contribution in [0.4, 0.5) is 5.69 Å². The molecule has 0 aliphatic heterocycles. The van der Waals surface area contributed by atoms with Crippen molar-refractivity contribution in [2.45, 2.75) is 19.8 Å². The van der Waals surface area contributed by atoms with E-state index in [2.05, 4.69) is 34.0 Å². The molecule has 2 rings (SSSR count). The van der Waals surface area contributed by atoms with Gasteiger partial charge in [-0.2, -0.15) is 0 Å². The molecular formula is C16H15ClINO. The Morgan fingerprint density at radius 2 is 1.90 bits per heavy atom. The molecule has 104 valence electrons. The summed E-state index contributed by atoms with van der Waals surface area (Å²) in [6.07, 6.45) is 1.18. The van der Waals surface area contributed by atoms with Gasteiger partial charge in [-0.15, -0.1) is 0 Å².